The molecule has 102 valence electrons. The Bertz CT molecular complexity index is 489. The van der Waals surface area contributed by atoms with Gasteiger partial charge in [0, 0.05) is 12.5 Å². The van der Waals surface area contributed by atoms with Crippen molar-refractivity contribution in [3.05, 3.63) is 12.0 Å². The average Bonchev–Trinajstić information content (AvgIpc) is 3.00. The molecule has 0 aliphatic heterocycles. The maximum atomic E-state index is 12.1. The van der Waals surface area contributed by atoms with Crippen LogP contribution in [0.4, 0.5) is 0 Å². The predicted octanol–water partition coefficient (Wildman–Crippen LogP) is 1.83. The third kappa shape index (κ3) is 2.92. The summed E-state index contributed by atoms with van der Waals surface area (Å²) in [5.74, 6) is 1.16. The van der Waals surface area contributed by atoms with Crippen LogP contribution >= 0.6 is 0 Å². The molecule has 18 heavy (non-hydrogen) atoms. The zero-order chi connectivity index (χ0) is 13.2. The van der Waals surface area contributed by atoms with Gasteiger partial charge in [-0.3, -0.25) is 0 Å². The third-order valence-electron chi connectivity index (χ3n) is 3.68. The van der Waals surface area contributed by atoms with Crippen LogP contribution in [0.15, 0.2) is 11.2 Å². The van der Waals surface area contributed by atoms with Crippen molar-refractivity contribution in [2.24, 2.45) is 5.92 Å². The maximum absolute atomic E-state index is 12.1. The van der Waals surface area contributed by atoms with Crippen molar-refractivity contribution in [2.45, 2.75) is 57.0 Å². The van der Waals surface area contributed by atoms with E-state index in [0.717, 1.165) is 12.8 Å². The minimum Gasteiger partial charge on any atom is -0.332 e. The van der Waals surface area contributed by atoms with Gasteiger partial charge < -0.3 is 4.98 Å². The van der Waals surface area contributed by atoms with Crippen molar-refractivity contribution >= 4 is 10.0 Å². The van der Waals surface area contributed by atoms with Gasteiger partial charge in [0.25, 0.3) is 10.0 Å². The molecule has 1 fully saturated rings. The van der Waals surface area contributed by atoms with Crippen molar-refractivity contribution in [2.75, 3.05) is 0 Å². The van der Waals surface area contributed by atoms with E-state index in [2.05, 4.69) is 14.7 Å². The molecule has 1 aromatic rings. The summed E-state index contributed by atoms with van der Waals surface area (Å²) in [4.78, 5) is 6.87. The topological polar surface area (TPSA) is 74.8 Å². The summed E-state index contributed by atoms with van der Waals surface area (Å²) in [5.41, 5.74) is 0. The monoisotopic (exact) mass is 271 g/mol. The van der Waals surface area contributed by atoms with Crippen LogP contribution in [-0.4, -0.2) is 24.4 Å². The molecule has 0 radical (unpaired) electrons. The van der Waals surface area contributed by atoms with Gasteiger partial charge in [-0.1, -0.05) is 19.8 Å². The fourth-order valence-electron chi connectivity index (χ4n) is 2.52. The van der Waals surface area contributed by atoms with Crippen LogP contribution in [0.2, 0.25) is 0 Å². The van der Waals surface area contributed by atoms with Crippen LogP contribution in [0, 0.1) is 5.92 Å². The van der Waals surface area contributed by atoms with E-state index in [0.29, 0.717) is 18.2 Å². The normalized spacial score (nSPS) is 19.2. The molecule has 1 unspecified atom stereocenters. The summed E-state index contributed by atoms with van der Waals surface area (Å²) in [6.07, 6.45) is 6.75. The van der Waals surface area contributed by atoms with Crippen LogP contribution in [0.5, 0.6) is 0 Å². The van der Waals surface area contributed by atoms with Crippen molar-refractivity contribution in [3.8, 4) is 0 Å². The number of rotatable bonds is 5. The zero-order valence-corrected chi connectivity index (χ0v) is 11.8. The average molecular weight is 271 g/mol. The second kappa shape index (κ2) is 5.40. The first-order valence-corrected chi connectivity index (χ1v) is 8.07. The van der Waals surface area contributed by atoms with E-state index in [4.69, 9.17) is 0 Å². The van der Waals surface area contributed by atoms with E-state index in [9.17, 15) is 8.42 Å². The van der Waals surface area contributed by atoms with Gasteiger partial charge in [0.05, 0.1) is 6.20 Å². The van der Waals surface area contributed by atoms with Gasteiger partial charge in [0.1, 0.15) is 5.82 Å². The number of hydrogen-bond donors (Lipinski definition) is 2. The van der Waals surface area contributed by atoms with E-state index in [1.165, 1.54) is 19.0 Å². The molecule has 1 saturated carbocycles. The molecule has 0 spiro atoms. The van der Waals surface area contributed by atoms with Crippen LogP contribution in [-0.2, 0) is 16.4 Å². The quantitative estimate of drug-likeness (QED) is 0.858. The van der Waals surface area contributed by atoms with Gasteiger partial charge >= 0.3 is 0 Å². The lowest BCUT2D eigenvalue weighted by molar-refractivity contribution is 0.423. The lowest BCUT2D eigenvalue weighted by atomic mass is 10.0. The molecule has 0 saturated heterocycles. The summed E-state index contributed by atoms with van der Waals surface area (Å²) >= 11 is 0. The van der Waals surface area contributed by atoms with Crippen LogP contribution in [0.1, 0.15) is 45.4 Å². The molecule has 1 aromatic heterocycles. The van der Waals surface area contributed by atoms with E-state index in [1.54, 1.807) is 0 Å². The van der Waals surface area contributed by atoms with Gasteiger partial charge in [0.15, 0.2) is 5.03 Å². The highest BCUT2D eigenvalue weighted by molar-refractivity contribution is 7.89. The van der Waals surface area contributed by atoms with Gasteiger partial charge in [-0.05, 0) is 25.7 Å². The molecule has 0 amide bonds. The summed E-state index contributed by atoms with van der Waals surface area (Å²) in [6.45, 7) is 3.88. The number of nitrogens with one attached hydrogen (secondary N) is 2. The molecule has 1 aliphatic rings. The SMILES string of the molecule is CCc1ncc(S(=O)(=O)NC(C)C2CCCC2)[nH]1. The number of imidazole rings is 1. The Labute approximate surface area is 108 Å². The largest absolute Gasteiger partial charge is 0.332 e. The Balaban J connectivity index is 2.06. The number of hydrogen-bond acceptors (Lipinski definition) is 3. The number of aryl methyl sites for hydroxylation is 1. The summed E-state index contributed by atoms with van der Waals surface area (Å²) in [7, 11) is -3.45. The molecular weight excluding hydrogens is 250 g/mol. The maximum Gasteiger partial charge on any atom is 0.257 e. The minimum atomic E-state index is -3.45. The van der Waals surface area contributed by atoms with Crippen LogP contribution in [0.3, 0.4) is 0 Å². The standard InChI is InChI=1S/C12H21N3O2S/c1-3-11-13-8-12(14-11)18(16,17)15-9(2)10-6-4-5-7-10/h8-10,15H,3-7H2,1-2H3,(H,13,14). The number of nitrogens with zero attached hydrogens (tertiary/aromatic N) is 1. The van der Waals surface area contributed by atoms with Crippen LogP contribution in [0.25, 0.3) is 0 Å². The second-order valence-electron chi connectivity index (χ2n) is 5.00. The Morgan fingerprint density at radius 3 is 2.72 bits per heavy atom. The van der Waals surface area contributed by atoms with Gasteiger partial charge in [-0.2, -0.15) is 0 Å². The molecular formula is C12H21N3O2S. The van der Waals surface area contributed by atoms with E-state index < -0.39 is 10.0 Å². The Kier molecular flexibility index (Phi) is 4.07. The van der Waals surface area contributed by atoms with E-state index in [-0.39, 0.29) is 11.1 Å². The highest BCUT2D eigenvalue weighted by Gasteiger charge is 2.26. The summed E-state index contributed by atoms with van der Waals surface area (Å²) in [5, 5.41) is 0.171. The molecule has 0 bridgehead atoms. The summed E-state index contributed by atoms with van der Waals surface area (Å²) in [6, 6.07) is -0.00845. The Hall–Kier alpha value is -0.880. The van der Waals surface area contributed by atoms with Crippen molar-refractivity contribution < 1.29 is 8.42 Å². The first kappa shape index (κ1) is 13.5. The molecule has 1 aliphatic carbocycles. The molecule has 6 heteroatoms. The predicted molar refractivity (Wildman–Crippen MR) is 69.7 cm³/mol. The molecule has 2 rings (SSSR count). The van der Waals surface area contributed by atoms with Crippen molar-refractivity contribution in [1.82, 2.24) is 14.7 Å². The fraction of sp³-hybridized carbons (Fsp3) is 0.750. The summed E-state index contributed by atoms with van der Waals surface area (Å²) < 4.78 is 27.0. The highest BCUT2D eigenvalue weighted by atomic mass is 32.2. The number of aromatic nitrogens is 2. The zero-order valence-electron chi connectivity index (χ0n) is 10.9. The molecule has 1 heterocycles. The highest BCUT2D eigenvalue weighted by Crippen LogP contribution is 2.28. The smallest absolute Gasteiger partial charge is 0.257 e. The molecule has 1 atom stereocenters. The molecule has 2 N–H and O–H groups in total. The fourth-order valence-corrected chi connectivity index (χ4v) is 3.77. The first-order valence-electron chi connectivity index (χ1n) is 6.59. The third-order valence-corrected chi connectivity index (χ3v) is 5.15. The van der Waals surface area contributed by atoms with E-state index in [1.807, 2.05) is 13.8 Å². The van der Waals surface area contributed by atoms with Crippen molar-refractivity contribution in [3.63, 3.8) is 0 Å². The Morgan fingerprint density at radius 1 is 1.50 bits per heavy atom. The lowest BCUT2D eigenvalue weighted by Gasteiger charge is -2.19. The van der Waals surface area contributed by atoms with Gasteiger partial charge in [0.2, 0.25) is 0 Å². The number of sulfonamides is 1. The second-order valence-corrected chi connectivity index (χ2v) is 6.68. The lowest BCUT2D eigenvalue weighted by Crippen LogP contribution is -2.37. The first-order chi connectivity index (χ1) is 8.53. The van der Waals surface area contributed by atoms with Gasteiger partial charge in [-0.15, -0.1) is 0 Å². The van der Waals surface area contributed by atoms with Gasteiger partial charge in [-0.25, -0.2) is 18.1 Å². The van der Waals surface area contributed by atoms with Crippen LogP contribution < -0.4 is 4.72 Å². The number of aromatic amines is 1. The Morgan fingerprint density at radius 2 is 2.17 bits per heavy atom. The van der Waals surface area contributed by atoms with Crippen molar-refractivity contribution in [1.29, 1.82) is 0 Å². The van der Waals surface area contributed by atoms with E-state index >= 15 is 0 Å². The minimum absolute atomic E-state index is 0.00845. The number of H-pyrrole nitrogens is 1. The molecule has 0 aromatic carbocycles. The molecule has 5 nitrogen and oxygen atoms in total.